The Bertz CT molecular complexity index is 1000. The van der Waals surface area contributed by atoms with Crippen LogP contribution in [0.2, 0.25) is 0 Å². The Balaban J connectivity index is 1.76. The van der Waals surface area contributed by atoms with E-state index in [2.05, 4.69) is 10.6 Å². The molecule has 0 bridgehead atoms. The molecule has 2 heterocycles. The average molecular weight is 444 g/mol. The largest absolute Gasteiger partial charge is 0.353 e. The molecule has 2 aromatic rings. The van der Waals surface area contributed by atoms with Gasteiger partial charge in [0, 0.05) is 44.6 Å². The summed E-state index contributed by atoms with van der Waals surface area (Å²) < 4.78 is 28.8. The van der Waals surface area contributed by atoms with E-state index in [1.807, 2.05) is 38.1 Å². The number of likely N-dealkylation sites (tertiary alicyclic amines) is 1. The van der Waals surface area contributed by atoms with Gasteiger partial charge in [-0.3, -0.25) is 4.79 Å². The summed E-state index contributed by atoms with van der Waals surface area (Å²) in [6.45, 7) is 5.28. The summed E-state index contributed by atoms with van der Waals surface area (Å²) >= 11 is 0. The van der Waals surface area contributed by atoms with E-state index in [9.17, 15) is 13.2 Å². The summed E-state index contributed by atoms with van der Waals surface area (Å²) in [4.78, 5) is 15.3. The lowest BCUT2D eigenvalue weighted by atomic mass is 10.1. The van der Waals surface area contributed by atoms with Crippen molar-refractivity contribution in [2.24, 2.45) is 7.05 Å². The maximum Gasteiger partial charge on any atom is 0.247 e. The Morgan fingerprint density at radius 3 is 2.42 bits per heavy atom. The van der Waals surface area contributed by atoms with E-state index in [1.165, 1.54) is 4.31 Å². The summed E-state index contributed by atoms with van der Waals surface area (Å²) in [5.74, 6) is -0.00654. The lowest BCUT2D eigenvalue weighted by molar-refractivity contribution is -0.128. The first-order valence-electron chi connectivity index (χ1n) is 11.1. The summed E-state index contributed by atoms with van der Waals surface area (Å²) in [6, 6.07) is 10.9. The van der Waals surface area contributed by atoms with Crippen molar-refractivity contribution in [1.29, 1.82) is 0 Å². The lowest BCUT2D eigenvalue weighted by Crippen LogP contribution is -2.34. The molecule has 0 radical (unpaired) electrons. The maximum atomic E-state index is 13.1. The van der Waals surface area contributed by atoms with Crippen LogP contribution in [0.4, 0.5) is 0 Å². The van der Waals surface area contributed by atoms with Gasteiger partial charge < -0.3 is 9.47 Å². The number of aromatic nitrogens is 1. The highest BCUT2D eigenvalue weighted by Crippen LogP contribution is 2.30. The third-order valence-corrected chi connectivity index (χ3v) is 8.07. The molecule has 1 aromatic carbocycles. The number of sulfonamides is 1. The Kier molecular flexibility index (Phi) is 7.73. The van der Waals surface area contributed by atoms with E-state index < -0.39 is 10.0 Å². The molecule has 168 valence electrons. The molecule has 1 saturated heterocycles. The predicted octanol–water partition coefficient (Wildman–Crippen LogP) is 4.21. The van der Waals surface area contributed by atoms with E-state index in [-0.39, 0.29) is 16.8 Å². The molecule has 1 atom stereocenters. The van der Waals surface area contributed by atoms with Gasteiger partial charge in [-0.2, -0.15) is 4.31 Å². The number of nitrogens with zero attached hydrogens (tertiary/aromatic N) is 3. The normalized spacial score (nSPS) is 17.9. The molecule has 0 saturated carbocycles. The van der Waals surface area contributed by atoms with Crippen molar-refractivity contribution >= 4 is 22.0 Å². The first-order valence-corrected chi connectivity index (χ1v) is 12.5. The van der Waals surface area contributed by atoms with Crippen molar-refractivity contribution in [2.45, 2.75) is 50.5 Å². The van der Waals surface area contributed by atoms with Crippen molar-refractivity contribution in [1.82, 2.24) is 13.8 Å². The number of amides is 1. The number of hydrogen-bond donors (Lipinski definition) is 0. The third-order valence-electron chi connectivity index (χ3n) is 6.00. The second-order valence-electron chi connectivity index (χ2n) is 7.93. The van der Waals surface area contributed by atoms with E-state index in [4.69, 9.17) is 0 Å². The monoisotopic (exact) mass is 443 g/mol. The van der Waals surface area contributed by atoms with Crippen LogP contribution in [-0.2, 0) is 21.9 Å². The number of aryl methyl sites for hydroxylation is 1. The molecule has 1 aliphatic heterocycles. The Morgan fingerprint density at radius 2 is 1.81 bits per heavy atom. The van der Waals surface area contributed by atoms with Crippen LogP contribution in [0.1, 0.15) is 56.8 Å². The zero-order valence-electron chi connectivity index (χ0n) is 18.7. The van der Waals surface area contributed by atoms with Crippen LogP contribution in [0.25, 0.3) is 6.08 Å². The van der Waals surface area contributed by atoms with Gasteiger partial charge in [0.2, 0.25) is 15.9 Å². The van der Waals surface area contributed by atoms with Gasteiger partial charge in [0.05, 0.1) is 10.9 Å². The fourth-order valence-corrected chi connectivity index (χ4v) is 5.68. The van der Waals surface area contributed by atoms with Crippen LogP contribution in [0, 0.1) is 0 Å². The lowest BCUT2D eigenvalue weighted by Gasteiger charge is -2.29. The molecular weight excluding hydrogens is 410 g/mol. The molecule has 31 heavy (non-hydrogen) atoms. The van der Waals surface area contributed by atoms with Gasteiger partial charge in [-0.1, -0.05) is 38.8 Å². The van der Waals surface area contributed by atoms with E-state index in [1.54, 1.807) is 36.4 Å². The van der Waals surface area contributed by atoms with Crippen LogP contribution in [-0.4, -0.2) is 47.7 Å². The quantitative estimate of drug-likeness (QED) is 0.602. The Labute approximate surface area is 186 Å². The van der Waals surface area contributed by atoms with Crippen molar-refractivity contribution < 1.29 is 13.2 Å². The highest BCUT2D eigenvalue weighted by molar-refractivity contribution is 7.89. The molecule has 6 nitrogen and oxygen atoms in total. The Hall–Kier alpha value is -2.38. The van der Waals surface area contributed by atoms with E-state index >= 15 is 0 Å². The molecule has 0 N–H and O–H groups in total. The van der Waals surface area contributed by atoms with Crippen molar-refractivity contribution in [3.8, 4) is 0 Å². The highest BCUT2D eigenvalue weighted by Gasteiger charge is 2.27. The van der Waals surface area contributed by atoms with Crippen molar-refractivity contribution in [2.75, 3.05) is 19.6 Å². The van der Waals surface area contributed by atoms with Crippen LogP contribution in [0.5, 0.6) is 0 Å². The third kappa shape index (κ3) is 5.28. The minimum atomic E-state index is -3.48. The fourth-order valence-electron chi connectivity index (χ4n) is 4.23. The average Bonchev–Trinajstić information content (AvgIpc) is 3.04. The van der Waals surface area contributed by atoms with Crippen LogP contribution in [0.3, 0.4) is 0 Å². The molecule has 1 fully saturated rings. The molecule has 1 aliphatic rings. The molecular formula is C24H33N3O3S. The minimum absolute atomic E-state index is 0.00654. The number of benzene rings is 1. The summed E-state index contributed by atoms with van der Waals surface area (Å²) in [5, 5.41) is 0. The van der Waals surface area contributed by atoms with Crippen LogP contribution >= 0.6 is 0 Å². The highest BCUT2D eigenvalue weighted by atomic mass is 32.2. The number of carbonyl (C=O) groups is 1. The van der Waals surface area contributed by atoms with Crippen LogP contribution < -0.4 is 0 Å². The molecule has 7 heteroatoms. The van der Waals surface area contributed by atoms with Gasteiger partial charge in [0.1, 0.15) is 0 Å². The first kappa shape index (κ1) is 23.3. The molecule has 1 amide bonds. The summed E-state index contributed by atoms with van der Waals surface area (Å²) in [6.07, 6.45) is 9.63. The maximum absolute atomic E-state index is 13.1. The zero-order chi connectivity index (χ0) is 22.4. The first-order chi connectivity index (χ1) is 14.9. The molecule has 1 aromatic heterocycles. The topological polar surface area (TPSA) is 62.6 Å². The van der Waals surface area contributed by atoms with Gasteiger partial charge in [-0.05, 0) is 48.7 Å². The van der Waals surface area contributed by atoms with Gasteiger partial charge >= 0.3 is 0 Å². The molecule has 3 rings (SSSR count). The number of rotatable bonds is 7. The van der Waals surface area contributed by atoms with E-state index in [0.717, 1.165) is 43.5 Å². The summed E-state index contributed by atoms with van der Waals surface area (Å²) in [7, 11) is -1.45. The number of carbonyl (C=O) groups excluding carboxylic acids is 1. The second-order valence-corrected chi connectivity index (χ2v) is 9.87. The smallest absolute Gasteiger partial charge is 0.247 e. The standard InChI is InChI=1S/C24H33N3O3S/c1-4-26(5-2)31(29,30)21-15-12-20(13-16-21)14-17-24(28)27-19-8-6-7-10-23(27)22-11-9-18-25(22)3/h9,11-18,23H,4-8,10,19H2,1-3H3/b17-14+. The number of hydrogen-bond acceptors (Lipinski definition) is 3. The predicted molar refractivity (Wildman–Crippen MR) is 124 cm³/mol. The summed E-state index contributed by atoms with van der Waals surface area (Å²) in [5.41, 5.74) is 1.96. The van der Waals surface area contributed by atoms with Crippen LogP contribution in [0.15, 0.2) is 53.6 Å². The van der Waals surface area contributed by atoms with Gasteiger partial charge in [0.15, 0.2) is 0 Å². The second kappa shape index (κ2) is 10.3. The van der Waals surface area contributed by atoms with Gasteiger partial charge in [-0.25, -0.2) is 8.42 Å². The molecule has 0 aliphatic carbocycles. The SMILES string of the molecule is CCN(CC)S(=O)(=O)c1ccc(/C=C/C(=O)N2CCCCCC2c2cccn2C)cc1. The van der Waals surface area contributed by atoms with E-state index in [0.29, 0.717) is 13.1 Å². The molecule has 0 spiro atoms. The van der Waals surface area contributed by atoms with Crippen molar-refractivity contribution in [3.05, 3.63) is 59.9 Å². The van der Waals surface area contributed by atoms with Gasteiger partial charge in [-0.15, -0.1) is 0 Å². The van der Waals surface area contributed by atoms with Gasteiger partial charge in [0.25, 0.3) is 0 Å². The molecule has 1 unspecified atom stereocenters. The van der Waals surface area contributed by atoms with Crippen molar-refractivity contribution in [3.63, 3.8) is 0 Å². The minimum Gasteiger partial charge on any atom is -0.353 e. The Morgan fingerprint density at radius 1 is 1.10 bits per heavy atom. The fraction of sp³-hybridized carbons (Fsp3) is 0.458. The zero-order valence-corrected chi connectivity index (χ0v) is 19.5.